The predicted octanol–water partition coefficient (Wildman–Crippen LogP) is 3.00. The Hall–Kier alpha value is -2.83. The third-order valence-electron chi connectivity index (χ3n) is 5.61. The Kier molecular flexibility index (Phi) is 6.35. The van der Waals surface area contributed by atoms with E-state index in [1.165, 1.54) is 16.0 Å². The van der Waals surface area contributed by atoms with Crippen molar-refractivity contribution in [3.05, 3.63) is 81.5 Å². The molecule has 0 bridgehead atoms. The lowest BCUT2D eigenvalue weighted by molar-refractivity contribution is -0.676. The van der Waals surface area contributed by atoms with Crippen LogP contribution in [0.1, 0.15) is 27.6 Å². The van der Waals surface area contributed by atoms with Crippen LogP contribution in [0.5, 0.6) is 11.5 Å². The Morgan fingerprint density at radius 3 is 2.47 bits per heavy atom. The molecule has 1 aliphatic rings. The Labute approximate surface area is 181 Å². The van der Waals surface area contributed by atoms with E-state index in [-0.39, 0.29) is 11.9 Å². The van der Waals surface area contributed by atoms with Crippen molar-refractivity contribution in [1.29, 1.82) is 0 Å². The number of benzene rings is 2. The number of quaternary nitrogens is 1. The lowest BCUT2D eigenvalue weighted by Crippen LogP contribution is -2.87. The summed E-state index contributed by atoms with van der Waals surface area (Å²) in [6, 6.07) is 18.7. The fourth-order valence-corrected chi connectivity index (χ4v) is 4.84. The maximum absolute atomic E-state index is 13.0. The maximum Gasteiger partial charge on any atom is 0.278 e. The fourth-order valence-electron chi connectivity index (χ4n) is 3.99. The Morgan fingerprint density at radius 2 is 1.80 bits per heavy atom. The lowest BCUT2D eigenvalue weighted by atomic mass is 9.98. The smallest absolute Gasteiger partial charge is 0.278 e. The van der Waals surface area contributed by atoms with Gasteiger partial charge in [-0.05, 0) is 41.1 Å². The first-order valence-corrected chi connectivity index (χ1v) is 11.0. The number of amides is 1. The number of methoxy groups -OCH3 is 2. The first-order valence-electron chi connectivity index (χ1n) is 10.1. The second-order valence-corrected chi connectivity index (χ2v) is 8.36. The molecule has 0 unspecified atom stereocenters. The van der Waals surface area contributed by atoms with Crippen molar-refractivity contribution in [2.45, 2.75) is 19.0 Å². The van der Waals surface area contributed by atoms with E-state index in [1.54, 1.807) is 25.6 Å². The van der Waals surface area contributed by atoms with Gasteiger partial charge in [-0.25, -0.2) is 0 Å². The Bertz CT molecular complexity index is 989. The van der Waals surface area contributed by atoms with Crippen molar-refractivity contribution < 1.29 is 19.6 Å². The molecule has 6 heteroatoms. The van der Waals surface area contributed by atoms with Gasteiger partial charge in [-0.15, -0.1) is 11.3 Å². The molecule has 3 aromatic rings. The topological polar surface area (TPSA) is 55.4 Å². The zero-order valence-electron chi connectivity index (χ0n) is 17.3. The summed E-state index contributed by atoms with van der Waals surface area (Å²) in [6.07, 6.45) is 0.828. The summed E-state index contributed by atoms with van der Waals surface area (Å²) in [6.45, 7) is 1.75. The molecule has 0 radical (unpaired) electrons. The number of fused-ring (bicyclic) bond motifs is 1. The highest BCUT2D eigenvalue weighted by Crippen LogP contribution is 2.33. The summed E-state index contributed by atoms with van der Waals surface area (Å²) < 4.78 is 10.8. The highest BCUT2D eigenvalue weighted by atomic mass is 32.1. The summed E-state index contributed by atoms with van der Waals surface area (Å²) in [5.74, 6) is 1.61. The largest absolute Gasteiger partial charge is 0.493 e. The van der Waals surface area contributed by atoms with E-state index >= 15 is 0 Å². The zero-order valence-corrected chi connectivity index (χ0v) is 18.2. The van der Waals surface area contributed by atoms with Gasteiger partial charge in [-0.2, -0.15) is 0 Å². The quantitative estimate of drug-likeness (QED) is 0.636. The van der Waals surface area contributed by atoms with Gasteiger partial charge in [0.2, 0.25) is 0 Å². The molecule has 5 nitrogen and oxygen atoms in total. The van der Waals surface area contributed by atoms with Crippen LogP contribution in [0.3, 0.4) is 0 Å². The molecule has 2 N–H and O–H groups in total. The number of rotatable bonds is 7. The molecule has 4 rings (SSSR count). The van der Waals surface area contributed by atoms with Gasteiger partial charge in [0, 0.05) is 18.7 Å². The summed E-state index contributed by atoms with van der Waals surface area (Å²) in [7, 11) is 3.29. The van der Waals surface area contributed by atoms with Crippen molar-refractivity contribution in [2.75, 3.05) is 27.3 Å². The summed E-state index contributed by atoms with van der Waals surface area (Å²) in [4.78, 5) is 16.2. The molecule has 0 fully saturated rings. The van der Waals surface area contributed by atoms with Crippen LogP contribution >= 0.6 is 11.3 Å². The predicted molar refractivity (Wildman–Crippen MR) is 118 cm³/mol. The summed E-state index contributed by atoms with van der Waals surface area (Å²) in [5, 5.41) is 4.23. The van der Waals surface area contributed by atoms with Crippen LogP contribution in [0, 0.1) is 0 Å². The number of carbonyl (C=O) groups excluding carboxylic acids is 1. The van der Waals surface area contributed by atoms with Gasteiger partial charge in [-0.3, -0.25) is 4.79 Å². The molecule has 1 atom stereocenters. The van der Waals surface area contributed by atoms with E-state index < -0.39 is 0 Å². The van der Waals surface area contributed by atoms with Crippen molar-refractivity contribution >= 4 is 17.2 Å². The van der Waals surface area contributed by atoms with Gasteiger partial charge in [0.25, 0.3) is 5.91 Å². The molecule has 1 aliphatic heterocycles. The first kappa shape index (κ1) is 20.4. The van der Waals surface area contributed by atoms with Crippen LogP contribution in [-0.4, -0.2) is 38.1 Å². The van der Waals surface area contributed by atoms with Crippen LogP contribution in [0.2, 0.25) is 0 Å². The highest BCUT2D eigenvalue weighted by Gasteiger charge is 2.26. The van der Waals surface area contributed by atoms with Crippen molar-refractivity contribution in [3.63, 3.8) is 0 Å². The minimum atomic E-state index is 0.136. The number of hydrogen-bond donors (Lipinski definition) is 1. The second-order valence-electron chi connectivity index (χ2n) is 7.38. The number of ether oxygens (including phenoxy) is 2. The van der Waals surface area contributed by atoms with Gasteiger partial charge in [0.1, 0.15) is 6.04 Å². The maximum atomic E-state index is 13.0. The third-order valence-corrected chi connectivity index (χ3v) is 6.56. The van der Waals surface area contributed by atoms with Gasteiger partial charge in [0.15, 0.2) is 18.0 Å². The molecule has 1 amide bonds. The van der Waals surface area contributed by atoms with Crippen molar-refractivity contribution in [1.82, 2.24) is 4.90 Å². The normalized spacial score (nSPS) is 14.1. The highest BCUT2D eigenvalue weighted by molar-refractivity contribution is 7.10. The fraction of sp³-hybridized carbons (Fsp3) is 0.292. The molecular weight excluding hydrogens is 396 g/mol. The van der Waals surface area contributed by atoms with Gasteiger partial charge in [0.05, 0.1) is 19.1 Å². The van der Waals surface area contributed by atoms with Crippen LogP contribution in [0.4, 0.5) is 0 Å². The molecule has 0 aliphatic carbocycles. The monoisotopic (exact) mass is 423 g/mol. The standard InChI is InChI=1S/C24H26N2O3S/c1-28-20-13-18-10-11-26(16-19(18)14-21(20)29-2)23(27)15-25-24(22-9-6-12-30-22)17-7-4-3-5-8-17/h3-9,12-14,24-25H,10-11,15-16H2,1-2H3/p+1/t24-/m1/s1. The third kappa shape index (κ3) is 4.35. The summed E-state index contributed by atoms with van der Waals surface area (Å²) >= 11 is 1.73. The molecular formula is C24H27N2O3S+. The molecule has 0 spiro atoms. The van der Waals surface area contributed by atoms with Crippen LogP contribution < -0.4 is 14.8 Å². The lowest BCUT2D eigenvalue weighted by Gasteiger charge is -2.29. The minimum Gasteiger partial charge on any atom is -0.493 e. The van der Waals surface area contributed by atoms with Crippen molar-refractivity contribution in [3.8, 4) is 11.5 Å². The number of nitrogens with zero attached hydrogens (tertiary/aromatic N) is 1. The first-order chi connectivity index (χ1) is 14.7. The molecule has 0 saturated carbocycles. The molecule has 30 heavy (non-hydrogen) atoms. The van der Waals surface area contributed by atoms with Crippen LogP contribution in [-0.2, 0) is 17.8 Å². The van der Waals surface area contributed by atoms with E-state index in [2.05, 4.69) is 47.1 Å². The van der Waals surface area contributed by atoms with E-state index in [1.807, 2.05) is 23.1 Å². The number of carbonyl (C=O) groups is 1. The molecule has 1 aromatic heterocycles. The molecule has 156 valence electrons. The van der Waals surface area contributed by atoms with E-state index in [4.69, 9.17) is 9.47 Å². The number of thiophene rings is 1. The zero-order chi connectivity index (χ0) is 20.9. The van der Waals surface area contributed by atoms with Crippen molar-refractivity contribution in [2.24, 2.45) is 0 Å². The number of hydrogen-bond acceptors (Lipinski definition) is 4. The van der Waals surface area contributed by atoms with Crippen LogP contribution in [0.15, 0.2) is 60.0 Å². The summed E-state index contributed by atoms with van der Waals surface area (Å²) in [5.41, 5.74) is 3.57. The Balaban J connectivity index is 1.45. The molecule has 2 heterocycles. The average Bonchev–Trinajstić information content (AvgIpc) is 3.33. The average molecular weight is 424 g/mol. The van der Waals surface area contributed by atoms with Crippen LogP contribution in [0.25, 0.3) is 0 Å². The number of nitrogens with two attached hydrogens (primary N) is 1. The second kappa shape index (κ2) is 9.32. The van der Waals surface area contributed by atoms with Gasteiger partial charge >= 0.3 is 0 Å². The molecule has 0 saturated heterocycles. The molecule has 2 aromatic carbocycles. The Morgan fingerprint density at radius 1 is 1.07 bits per heavy atom. The van der Waals surface area contributed by atoms with E-state index in [9.17, 15) is 4.79 Å². The van der Waals surface area contributed by atoms with Gasteiger partial charge < -0.3 is 19.7 Å². The van der Waals surface area contributed by atoms with Gasteiger partial charge in [-0.1, -0.05) is 36.4 Å². The minimum absolute atomic E-state index is 0.136. The van der Waals surface area contributed by atoms with E-state index in [0.717, 1.165) is 24.3 Å². The van der Waals surface area contributed by atoms with E-state index in [0.29, 0.717) is 18.8 Å². The SMILES string of the molecule is COc1cc2c(cc1OC)CN(C(=O)C[NH2+][C@H](c1ccccc1)c1cccs1)CC2.